The number of rotatable bonds is 5. The fourth-order valence-electron chi connectivity index (χ4n) is 4.68. The van der Waals surface area contributed by atoms with Gasteiger partial charge in [0.25, 0.3) is 0 Å². The maximum atomic E-state index is 13.4. The Morgan fingerprint density at radius 2 is 1.61 bits per heavy atom. The van der Waals surface area contributed by atoms with Crippen molar-refractivity contribution in [2.45, 2.75) is 32.4 Å². The fourth-order valence-corrected chi connectivity index (χ4v) is 4.68. The van der Waals surface area contributed by atoms with Gasteiger partial charge in [0.1, 0.15) is 5.75 Å². The SMILES string of the molecule is COc1ccccc1[C@@H]1N[C@@H](CC(C)C)[C@@H]2C(=O)N(c3ccccc3)C(=O)[C@@H]21. The largest absolute Gasteiger partial charge is 0.496 e. The fraction of sp³-hybridized carbons (Fsp3) is 0.391. The number of imide groups is 1. The van der Waals surface area contributed by atoms with E-state index in [0.29, 0.717) is 11.6 Å². The van der Waals surface area contributed by atoms with E-state index in [0.717, 1.165) is 17.7 Å². The summed E-state index contributed by atoms with van der Waals surface area (Å²) in [5, 5.41) is 3.60. The maximum Gasteiger partial charge on any atom is 0.239 e. The van der Waals surface area contributed by atoms with Crippen molar-refractivity contribution >= 4 is 17.5 Å². The number of carbonyl (C=O) groups is 2. The van der Waals surface area contributed by atoms with Crippen LogP contribution in [0.3, 0.4) is 0 Å². The van der Waals surface area contributed by atoms with Crippen molar-refractivity contribution in [2.75, 3.05) is 12.0 Å². The number of hydrogen-bond acceptors (Lipinski definition) is 4. The number of benzene rings is 2. The smallest absolute Gasteiger partial charge is 0.239 e. The van der Waals surface area contributed by atoms with Crippen molar-refractivity contribution in [1.29, 1.82) is 0 Å². The summed E-state index contributed by atoms with van der Waals surface area (Å²) in [5.74, 6) is 0.149. The molecule has 0 spiro atoms. The molecule has 2 aliphatic rings. The molecule has 146 valence electrons. The lowest BCUT2D eigenvalue weighted by molar-refractivity contribution is -0.123. The molecule has 0 aromatic heterocycles. The average molecular weight is 378 g/mol. The van der Waals surface area contributed by atoms with Gasteiger partial charge in [-0.1, -0.05) is 50.2 Å². The van der Waals surface area contributed by atoms with Crippen LogP contribution in [0.25, 0.3) is 0 Å². The zero-order chi connectivity index (χ0) is 19.8. The quantitative estimate of drug-likeness (QED) is 0.809. The summed E-state index contributed by atoms with van der Waals surface area (Å²) in [6, 6.07) is 16.7. The summed E-state index contributed by atoms with van der Waals surface area (Å²) in [6.07, 6.45) is 0.842. The van der Waals surface area contributed by atoms with Gasteiger partial charge in [-0.15, -0.1) is 0 Å². The third-order valence-electron chi connectivity index (χ3n) is 5.80. The highest BCUT2D eigenvalue weighted by atomic mass is 16.5. The minimum absolute atomic E-state index is 0.0370. The predicted octanol–water partition coefficient (Wildman–Crippen LogP) is 3.56. The number of nitrogens with one attached hydrogen (secondary N) is 1. The minimum Gasteiger partial charge on any atom is -0.496 e. The van der Waals surface area contributed by atoms with E-state index in [1.54, 1.807) is 7.11 Å². The van der Waals surface area contributed by atoms with Gasteiger partial charge in [-0.3, -0.25) is 9.59 Å². The molecule has 0 saturated carbocycles. The van der Waals surface area contributed by atoms with Crippen molar-refractivity contribution in [3.63, 3.8) is 0 Å². The molecule has 2 heterocycles. The second kappa shape index (κ2) is 7.40. The molecular weight excluding hydrogens is 352 g/mol. The van der Waals surface area contributed by atoms with E-state index in [4.69, 9.17) is 4.74 Å². The first kappa shape index (κ1) is 18.7. The summed E-state index contributed by atoms with van der Waals surface area (Å²) in [5.41, 5.74) is 1.58. The third kappa shape index (κ3) is 3.00. The van der Waals surface area contributed by atoms with Crippen molar-refractivity contribution in [1.82, 2.24) is 5.32 Å². The molecule has 0 aliphatic carbocycles. The van der Waals surface area contributed by atoms with Crippen molar-refractivity contribution in [3.05, 3.63) is 60.2 Å². The van der Waals surface area contributed by atoms with Gasteiger partial charge in [-0.05, 0) is 30.5 Å². The van der Waals surface area contributed by atoms with Crippen LogP contribution >= 0.6 is 0 Å². The van der Waals surface area contributed by atoms with Gasteiger partial charge >= 0.3 is 0 Å². The van der Waals surface area contributed by atoms with Crippen molar-refractivity contribution in [3.8, 4) is 5.75 Å². The Bertz CT molecular complexity index is 880. The second-order valence-electron chi connectivity index (χ2n) is 8.02. The zero-order valence-electron chi connectivity index (χ0n) is 16.5. The summed E-state index contributed by atoms with van der Waals surface area (Å²) in [7, 11) is 1.63. The lowest BCUT2D eigenvalue weighted by atomic mass is 9.84. The Morgan fingerprint density at radius 3 is 2.29 bits per heavy atom. The average Bonchev–Trinajstić information content (AvgIpc) is 3.18. The van der Waals surface area contributed by atoms with E-state index >= 15 is 0 Å². The number of ether oxygens (including phenoxy) is 1. The molecule has 4 rings (SSSR count). The van der Waals surface area contributed by atoms with Gasteiger partial charge in [0.2, 0.25) is 11.8 Å². The lowest BCUT2D eigenvalue weighted by Gasteiger charge is -2.24. The molecule has 2 saturated heterocycles. The number of carbonyl (C=O) groups excluding carboxylic acids is 2. The number of fused-ring (bicyclic) bond motifs is 1. The standard InChI is InChI=1S/C23H26N2O3/c1-14(2)13-17-19-20(21(24-17)16-11-7-8-12-18(16)28-3)23(27)25(22(19)26)15-9-5-4-6-10-15/h4-12,14,17,19-21,24H,13H2,1-3H3/t17-,19-,20-,21-/m0/s1. The number of anilines is 1. The summed E-state index contributed by atoms with van der Waals surface area (Å²) in [4.78, 5) is 28.2. The second-order valence-corrected chi connectivity index (χ2v) is 8.02. The first-order valence-corrected chi connectivity index (χ1v) is 9.84. The van der Waals surface area contributed by atoms with E-state index in [9.17, 15) is 9.59 Å². The monoisotopic (exact) mass is 378 g/mol. The van der Waals surface area contributed by atoms with Crippen LogP contribution in [0.15, 0.2) is 54.6 Å². The van der Waals surface area contributed by atoms with Gasteiger partial charge in [0, 0.05) is 17.6 Å². The molecule has 2 amide bonds. The van der Waals surface area contributed by atoms with E-state index < -0.39 is 5.92 Å². The van der Waals surface area contributed by atoms with E-state index in [1.165, 1.54) is 4.90 Å². The lowest BCUT2D eigenvalue weighted by Crippen LogP contribution is -2.40. The normalized spacial score (nSPS) is 26.8. The number of hydrogen-bond donors (Lipinski definition) is 1. The Morgan fingerprint density at radius 1 is 0.964 bits per heavy atom. The third-order valence-corrected chi connectivity index (χ3v) is 5.80. The first-order chi connectivity index (χ1) is 13.5. The topological polar surface area (TPSA) is 58.6 Å². The van der Waals surface area contributed by atoms with E-state index in [2.05, 4.69) is 19.2 Å². The van der Waals surface area contributed by atoms with Gasteiger partial charge in [-0.2, -0.15) is 0 Å². The van der Waals surface area contributed by atoms with Gasteiger partial charge in [0.15, 0.2) is 0 Å². The molecule has 2 aromatic carbocycles. The molecule has 0 bridgehead atoms. The van der Waals surface area contributed by atoms with Crippen LogP contribution in [0.1, 0.15) is 31.9 Å². The Labute approximate surface area is 165 Å². The molecule has 5 heteroatoms. The minimum atomic E-state index is -0.423. The van der Waals surface area contributed by atoms with Crippen LogP contribution in [-0.2, 0) is 9.59 Å². The highest BCUT2D eigenvalue weighted by Gasteiger charge is 2.59. The number of methoxy groups -OCH3 is 1. The van der Waals surface area contributed by atoms with E-state index in [1.807, 2.05) is 54.6 Å². The van der Waals surface area contributed by atoms with Gasteiger partial charge in [-0.25, -0.2) is 4.90 Å². The predicted molar refractivity (Wildman–Crippen MR) is 108 cm³/mol. The van der Waals surface area contributed by atoms with Gasteiger partial charge < -0.3 is 10.1 Å². The van der Waals surface area contributed by atoms with Crippen LogP contribution < -0.4 is 15.0 Å². The first-order valence-electron chi connectivity index (χ1n) is 9.84. The highest BCUT2D eigenvalue weighted by Crippen LogP contribution is 2.48. The van der Waals surface area contributed by atoms with Crippen LogP contribution in [-0.4, -0.2) is 25.0 Å². The molecule has 0 radical (unpaired) electrons. The van der Waals surface area contributed by atoms with Crippen molar-refractivity contribution in [2.24, 2.45) is 17.8 Å². The molecule has 2 aliphatic heterocycles. The Kier molecular flexibility index (Phi) is 4.94. The van der Waals surface area contributed by atoms with E-state index in [-0.39, 0.29) is 29.8 Å². The summed E-state index contributed by atoms with van der Waals surface area (Å²) < 4.78 is 5.55. The molecule has 28 heavy (non-hydrogen) atoms. The number of nitrogens with zero attached hydrogens (tertiary/aromatic N) is 1. The molecule has 4 atom stereocenters. The molecule has 2 fully saturated rings. The number of amides is 2. The Hall–Kier alpha value is -2.66. The van der Waals surface area contributed by atoms with Crippen LogP contribution in [0, 0.1) is 17.8 Å². The van der Waals surface area contributed by atoms with Crippen molar-refractivity contribution < 1.29 is 14.3 Å². The van der Waals surface area contributed by atoms with Gasteiger partial charge in [0.05, 0.1) is 24.6 Å². The Balaban J connectivity index is 1.77. The number of para-hydroxylation sites is 2. The maximum absolute atomic E-state index is 13.4. The molecular formula is C23H26N2O3. The molecule has 0 unspecified atom stereocenters. The summed E-state index contributed by atoms with van der Waals surface area (Å²) in [6.45, 7) is 4.28. The molecule has 5 nitrogen and oxygen atoms in total. The van der Waals surface area contributed by atoms with Crippen LogP contribution in [0.2, 0.25) is 0 Å². The zero-order valence-corrected chi connectivity index (χ0v) is 16.5. The summed E-state index contributed by atoms with van der Waals surface area (Å²) >= 11 is 0. The van der Waals surface area contributed by atoms with Crippen LogP contribution in [0.4, 0.5) is 5.69 Å². The molecule has 2 aromatic rings. The highest BCUT2D eigenvalue weighted by molar-refractivity contribution is 6.22. The van der Waals surface area contributed by atoms with Crippen LogP contribution in [0.5, 0.6) is 5.75 Å². The molecule has 1 N–H and O–H groups in total.